The van der Waals surface area contributed by atoms with Crippen LogP contribution in [0.2, 0.25) is 0 Å². The van der Waals surface area contributed by atoms with Crippen molar-refractivity contribution in [3.63, 3.8) is 0 Å². The highest BCUT2D eigenvalue weighted by Crippen LogP contribution is 2.35. The number of aromatic hydroxyl groups is 3. The predicted molar refractivity (Wildman–Crippen MR) is 79.5 cm³/mol. The van der Waals surface area contributed by atoms with E-state index in [1.165, 1.54) is 19.2 Å². The molecule has 0 radical (unpaired) electrons. The third kappa shape index (κ3) is 2.10. The van der Waals surface area contributed by atoms with Crippen LogP contribution in [0.5, 0.6) is 23.0 Å². The lowest BCUT2D eigenvalue weighted by Crippen LogP contribution is -2.07. The smallest absolute Gasteiger partial charge is 0.235 e. The van der Waals surface area contributed by atoms with Crippen LogP contribution in [-0.2, 0) is 0 Å². The molecule has 0 aliphatic heterocycles. The SMILES string of the molecule is COc1c(-c2cccc(O)c2)oc2cc(O)c(O)cc2c1=O. The lowest BCUT2D eigenvalue weighted by atomic mass is 10.1. The van der Waals surface area contributed by atoms with Gasteiger partial charge < -0.3 is 24.5 Å². The summed E-state index contributed by atoms with van der Waals surface area (Å²) in [5.74, 6) is -0.741. The molecule has 112 valence electrons. The van der Waals surface area contributed by atoms with Crippen molar-refractivity contribution >= 4 is 11.0 Å². The maximum absolute atomic E-state index is 12.5. The molecule has 3 rings (SSSR count). The Bertz CT molecular complexity index is 926. The molecule has 22 heavy (non-hydrogen) atoms. The molecule has 0 aliphatic carbocycles. The first-order chi connectivity index (χ1) is 10.5. The van der Waals surface area contributed by atoms with Crippen molar-refractivity contribution in [2.75, 3.05) is 7.11 Å². The normalized spacial score (nSPS) is 10.8. The van der Waals surface area contributed by atoms with Gasteiger partial charge in [-0.25, -0.2) is 0 Å². The van der Waals surface area contributed by atoms with Gasteiger partial charge in [-0.3, -0.25) is 4.79 Å². The summed E-state index contributed by atoms with van der Waals surface area (Å²) >= 11 is 0. The summed E-state index contributed by atoms with van der Waals surface area (Å²) in [5, 5.41) is 28.7. The van der Waals surface area contributed by atoms with Crippen LogP contribution in [0, 0.1) is 0 Å². The van der Waals surface area contributed by atoms with Crippen molar-refractivity contribution in [1.29, 1.82) is 0 Å². The standard InChI is InChI=1S/C16H12O6/c1-21-16-14(20)10-6-11(18)12(19)7-13(10)22-15(16)8-3-2-4-9(17)5-8/h2-7,17-19H,1H3. The number of fused-ring (bicyclic) bond motifs is 1. The molecule has 1 heterocycles. The fraction of sp³-hybridized carbons (Fsp3) is 0.0625. The Labute approximate surface area is 124 Å². The fourth-order valence-electron chi connectivity index (χ4n) is 2.22. The second-order valence-corrected chi connectivity index (χ2v) is 4.68. The Morgan fingerprint density at radius 1 is 1.05 bits per heavy atom. The Kier molecular flexibility index (Phi) is 3.14. The largest absolute Gasteiger partial charge is 0.508 e. The van der Waals surface area contributed by atoms with E-state index < -0.39 is 16.9 Å². The summed E-state index contributed by atoms with van der Waals surface area (Å²) in [4.78, 5) is 12.5. The molecule has 0 bridgehead atoms. The van der Waals surface area contributed by atoms with Gasteiger partial charge in [0.05, 0.1) is 12.5 Å². The molecule has 0 aliphatic rings. The Balaban J connectivity index is 2.40. The first-order valence-electron chi connectivity index (χ1n) is 6.37. The monoisotopic (exact) mass is 300 g/mol. The van der Waals surface area contributed by atoms with E-state index in [0.717, 1.165) is 12.1 Å². The van der Waals surface area contributed by atoms with Crippen LogP contribution in [0.3, 0.4) is 0 Å². The molecule has 6 nitrogen and oxygen atoms in total. The minimum Gasteiger partial charge on any atom is -0.508 e. The second-order valence-electron chi connectivity index (χ2n) is 4.68. The average Bonchev–Trinajstić information content (AvgIpc) is 2.49. The van der Waals surface area contributed by atoms with Crippen molar-refractivity contribution in [3.8, 4) is 34.3 Å². The quantitative estimate of drug-likeness (QED) is 0.629. The van der Waals surface area contributed by atoms with Gasteiger partial charge in [-0.05, 0) is 18.2 Å². The third-order valence-electron chi connectivity index (χ3n) is 3.26. The molecule has 0 spiro atoms. The minimum atomic E-state index is -0.489. The highest BCUT2D eigenvalue weighted by atomic mass is 16.5. The van der Waals surface area contributed by atoms with Crippen LogP contribution in [0.25, 0.3) is 22.3 Å². The van der Waals surface area contributed by atoms with Gasteiger partial charge in [-0.1, -0.05) is 12.1 Å². The van der Waals surface area contributed by atoms with Crippen molar-refractivity contribution in [3.05, 3.63) is 46.6 Å². The lowest BCUT2D eigenvalue weighted by molar-refractivity contribution is 0.395. The molecule has 0 amide bonds. The van der Waals surface area contributed by atoms with E-state index in [2.05, 4.69) is 0 Å². The van der Waals surface area contributed by atoms with Crippen molar-refractivity contribution in [2.45, 2.75) is 0 Å². The fourth-order valence-corrected chi connectivity index (χ4v) is 2.22. The molecule has 0 atom stereocenters. The molecule has 3 aromatic rings. The van der Waals surface area contributed by atoms with E-state index in [1.54, 1.807) is 12.1 Å². The number of ether oxygens (including phenoxy) is 1. The summed E-state index contributed by atoms with van der Waals surface area (Å²) in [6.07, 6.45) is 0. The summed E-state index contributed by atoms with van der Waals surface area (Å²) < 4.78 is 10.8. The summed E-state index contributed by atoms with van der Waals surface area (Å²) in [7, 11) is 1.32. The van der Waals surface area contributed by atoms with Crippen LogP contribution in [0.4, 0.5) is 0 Å². The molecular formula is C16H12O6. The number of hydrogen-bond donors (Lipinski definition) is 3. The van der Waals surface area contributed by atoms with E-state index in [1.807, 2.05) is 0 Å². The molecule has 0 fully saturated rings. The minimum absolute atomic E-state index is 0.0100. The maximum Gasteiger partial charge on any atom is 0.235 e. The van der Waals surface area contributed by atoms with E-state index >= 15 is 0 Å². The molecule has 2 aromatic carbocycles. The molecule has 1 aromatic heterocycles. The van der Waals surface area contributed by atoms with Gasteiger partial charge in [-0.2, -0.15) is 0 Å². The molecular weight excluding hydrogens is 288 g/mol. The lowest BCUT2D eigenvalue weighted by Gasteiger charge is -2.10. The number of benzene rings is 2. The molecule has 6 heteroatoms. The van der Waals surface area contributed by atoms with Crippen LogP contribution in [-0.4, -0.2) is 22.4 Å². The van der Waals surface area contributed by atoms with Crippen molar-refractivity contribution in [2.24, 2.45) is 0 Å². The molecule has 0 saturated carbocycles. The highest BCUT2D eigenvalue weighted by molar-refractivity contribution is 5.85. The van der Waals surface area contributed by atoms with Crippen LogP contribution < -0.4 is 10.2 Å². The van der Waals surface area contributed by atoms with Gasteiger partial charge >= 0.3 is 0 Å². The summed E-state index contributed by atoms with van der Waals surface area (Å²) in [5.41, 5.74) is 0.0558. The zero-order valence-corrected chi connectivity index (χ0v) is 11.5. The zero-order chi connectivity index (χ0) is 15.9. The molecule has 3 N–H and O–H groups in total. The zero-order valence-electron chi connectivity index (χ0n) is 11.5. The highest BCUT2D eigenvalue weighted by Gasteiger charge is 2.18. The predicted octanol–water partition coefficient (Wildman–Crippen LogP) is 2.59. The molecule has 0 unspecified atom stereocenters. The number of phenols is 3. The van der Waals surface area contributed by atoms with Gasteiger partial charge in [0.25, 0.3) is 0 Å². The Morgan fingerprint density at radius 2 is 1.77 bits per heavy atom. The Morgan fingerprint density at radius 3 is 2.45 bits per heavy atom. The van der Waals surface area contributed by atoms with Crippen LogP contribution >= 0.6 is 0 Å². The van der Waals surface area contributed by atoms with E-state index in [-0.39, 0.29) is 28.2 Å². The van der Waals surface area contributed by atoms with Crippen LogP contribution in [0.15, 0.2) is 45.6 Å². The van der Waals surface area contributed by atoms with E-state index in [9.17, 15) is 20.1 Å². The Hall–Kier alpha value is -3.15. The van der Waals surface area contributed by atoms with E-state index in [4.69, 9.17) is 9.15 Å². The average molecular weight is 300 g/mol. The topological polar surface area (TPSA) is 100 Å². The van der Waals surface area contributed by atoms with Gasteiger partial charge in [0.2, 0.25) is 11.2 Å². The number of hydrogen-bond acceptors (Lipinski definition) is 6. The van der Waals surface area contributed by atoms with Gasteiger partial charge in [-0.15, -0.1) is 0 Å². The third-order valence-corrected chi connectivity index (χ3v) is 3.26. The number of rotatable bonds is 2. The summed E-state index contributed by atoms with van der Waals surface area (Å²) in [6, 6.07) is 8.42. The van der Waals surface area contributed by atoms with Gasteiger partial charge in [0.1, 0.15) is 11.3 Å². The number of phenolic OH excluding ortho intramolecular Hbond substituents is 3. The van der Waals surface area contributed by atoms with Crippen molar-refractivity contribution < 1.29 is 24.5 Å². The maximum atomic E-state index is 12.5. The van der Waals surface area contributed by atoms with Gasteiger partial charge in [0.15, 0.2) is 17.3 Å². The van der Waals surface area contributed by atoms with Gasteiger partial charge in [0, 0.05) is 11.6 Å². The first-order valence-corrected chi connectivity index (χ1v) is 6.37. The second kappa shape index (κ2) is 5.00. The first kappa shape index (κ1) is 13.8. The molecule has 0 saturated heterocycles. The van der Waals surface area contributed by atoms with E-state index in [0.29, 0.717) is 5.56 Å². The number of methoxy groups -OCH3 is 1. The van der Waals surface area contributed by atoms with Crippen LogP contribution in [0.1, 0.15) is 0 Å². The summed E-state index contributed by atoms with van der Waals surface area (Å²) in [6.45, 7) is 0. The van der Waals surface area contributed by atoms with Crippen molar-refractivity contribution in [1.82, 2.24) is 0 Å².